The van der Waals surface area contributed by atoms with Gasteiger partial charge < -0.3 is 10.0 Å². The fourth-order valence-corrected chi connectivity index (χ4v) is 2.24. The molecule has 0 aliphatic heterocycles. The molecule has 4 nitrogen and oxygen atoms in total. The Hall–Kier alpha value is -1.26. The average Bonchev–Trinajstić information content (AvgIpc) is 2.38. The van der Waals surface area contributed by atoms with Crippen LogP contribution in [0.1, 0.15) is 24.8 Å². The van der Waals surface area contributed by atoms with E-state index in [0.717, 1.165) is 5.56 Å². The largest absolute Gasteiger partial charge is 0.481 e. The number of aryl methyl sites for hydroxylation is 1. The van der Waals surface area contributed by atoms with Crippen molar-refractivity contribution in [3.63, 3.8) is 0 Å². The number of carboxylic acids is 1. The summed E-state index contributed by atoms with van der Waals surface area (Å²) < 4.78 is 0. The Morgan fingerprint density at radius 2 is 1.95 bits per heavy atom. The number of carboxylic acid groups (broad SMARTS) is 1. The maximum absolute atomic E-state index is 11.8. The molecule has 0 heterocycles. The van der Waals surface area contributed by atoms with E-state index in [4.69, 9.17) is 28.3 Å². The molecule has 1 N–H and O–H groups in total. The number of amides is 1. The van der Waals surface area contributed by atoms with Crippen LogP contribution in [-0.2, 0) is 16.0 Å². The van der Waals surface area contributed by atoms with E-state index in [0.29, 0.717) is 29.3 Å². The molecule has 0 spiro atoms. The van der Waals surface area contributed by atoms with Crippen LogP contribution in [0.3, 0.4) is 0 Å². The lowest BCUT2D eigenvalue weighted by Gasteiger charge is -2.15. The number of benzene rings is 1. The third kappa shape index (κ3) is 5.80. The number of rotatable bonds is 7. The molecule has 1 aromatic carbocycles. The summed E-state index contributed by atoms with van der Waals surface area (Å²) in [4.78, 5) is 23.6. The molecule has 110 valence electrons. The minimum atomic E-state index is -0.905. The molecule has 0 saturated heterocycles. The van der Waals surface area contributed by atoms with Crippen molar-refractivity contribution in [1.29, 1.82) is 0 Å². The Labute approximate surface area is 128 Å². The molecule has 1 rings (SSSR count). The SMILES string of the molecule is CN(CCC(=O)O)C(=O)CCCc1ccc(Cl)cc1Cl. The van der Waals surface area contributed by atoms with Gasteiger partial charge in [0.1, 0.15) is 0 Å². The molecule has 0 unspecified atom stereocenters. The summed E-state index contributed by atoms with van der Waals surface area (Å²) in [5.74, 6) is -0.964. The third-order valence-corrected chi connectivity index (χ3v) is 3.53. The van der Waals surface area contributed by atoms with E-state index in [1.807, 2.05) is 6.07 Å². The number of carbonyl (C=O) groups excluding carboxylic acids is 1. The Morgan fingerprint density at radius 3 is 2.55 bits per heavy atom. The fraction of sp³-hybridized carbons (Fsp3) is 0.429. The van der Waals surface area contributed by atoms with E-state index >= 15 is 0 Å². The lowest BCUT2D eigenvalue weighted by atomic mass is 10.1. The molecule has 0 radical (unpaired) electrons. The molecule has 0 saturated carbocycles. The van der Waals surface area contributed by atoms with Gasteiger partial charge in [-0.1, -0.05) is 29.3 Å². The molecule has 20 heavy (non-hydrogen) atoms. The standard InChI is InChI=1S/C14H17Cl2NO3/c1-17(8-7-14(19)20)13(18)4-2-3-10-5-6-11(15)9-12(10)16/h5-6,9H,2-4,7-8H2,1H3,(H,19,20). The van der Waals surface area contributed by atoms with Gasteiger partial charge in [0.15, 0.2) is 0 Å². The minimum absolute atomic E-state index is 0.0365. The van der Waals surface area contributed by atoms with Gasteiger partial charge in [-0.3, -0.25) is 9.59 Å². The van der Waals surface area contributed by atoms with Gasteiger partial charge in [-0.15, -0.1) is 0 Å². The second-order valence-electron chi connectivity index (χ2n) is 4.55. The summed E-state index contributed by atoms with van der Waals surface area (Å²) in [7, 11) is 1.61. The van der Waals surface area contributed by atoms with Crippen LogP contribution in [0.2, 0.25) is 10.0 Å². The van der Waals surface area contributed by atoms with Crippen molar-refractivity contribution >= 4 is 35.1 Å². The topological polar surface area (TPSA) is 57.6 Å². The van der Waals surface area contributed by atoms with Gasteiger partial charge in [0.25, 0.3) is 0 Å². The molecular weight excluding hydrogens is 301 g/mol. The highest BCUT2D eigenvalue weighted by Gasteiger charge is 2.10. The zero-order valence-corrected chi connectivity index (χ0v) is 12.7. The molecule has 0 aromatic heterocycles. The molecular formula is C14H17Cl2NO3. The second-order valence-corrected chi connectivity index (χ2v) is 5.39. The monoisotopic (exact) mass is 317 g/mol. The molecule has 1 amide bonds. The van der Waals surface area contributed by atoms with Crippen LogP contribution < -0.4 is 0 Å². The summed E-state index contributed by atoms with van der Waals surface area (Å²) in [6.07, 6.45) is 1.69. The first-order valence-electron chi connectivity index (χ1n) is 6.30. The Kier molecular flexibility index (Phi) is 6.82. The predicted octanol–water partition coefficient (Wildman–Crippen LogP) is 3.25. The third-order valence-electron chi connectivity index (χ3n) is 2.94. The number of halogens is 2. The second kappa shape index (κ2) is 8.12. The van der Waals surface area contributed by atoms with Crippen LogP contribution in [0.15, 0.2) is 18.2 Å². The summed E-state index contributed by atoms with van der Waals surface area (Å²) in [5, 5.41) is 9.75. The summed E-state index contributed by atoms with van der Waals surface area (Å²) in [6.45, 7) is 0.232. The molecule has 1 aromatic rings. The highest BCUT2D eigenvalue weighted by Crippen LogP contribution is 2.22. The molecule has 0 atom stereocenters. The van der Waals surface area contributed by atoms with Crippen LogP contribution >= 0.6 is 23.2 Å². The normalized spacial score (nSPS) is 10.3. The number of hydrogen-bond acceptors (Lipinski definition) is 2. The van der Waals surface area contributed by atoms with Crippen LogP contribution in [0.5, 0.6) is 0 Å². The van der Waals surface area contributed by atoms with Crippen molar-refractivity contribution < 1.29 is 14.7 Å². The summed E-state index contributed by atoms with van der Waals surface area (Å²) >= 11 is 11.9. The van der Waals surface area contributed by atoms with Crippen molar-refractivity contribution in [1.82, 2.24) is 4.90 Å². The van der Waals surface area contributed by atoms with Crippen molar-refractivity contribution in [2.75, 3.05) is 13.6 Å². The van der Waals surface area contributed by atoms with Gasteiger partial charge >= 0.3 is 5.97 Å². The van der Waals surface area contributed by atoms with E-state index < -0.39 is 5.97 Å². The van der Waals surface area contributed by atoms with E-state index in [1.54, 1.807) is 19.2 Å². The highest BCUT2D eigenvalue weighted by atomic mass is 35.5. The van der Waals surface area contributed by atoms with Crippen molar-refractivity contribution in [3.8, 4) is 0 Å². The van der Waals surface area contributed by atoms with Crippen molar-refractivity contribution in [3.05, 3.63) is 33.8 Å². The minimum Gasteiger partial charge on any atom is -0.481 e. The first-order valence-corrected chi connectivity index (χ1v) is 7.05. The van der Waals surface area contributed by atoms with Gasteiger partial charge in [-0.2, -0.15) is 0 Å². The lowest BCUT2D eigenvalue weighted by Crippen LogP contribution is -2.28. The maximum Gasteiger partial charge on any atom is 0.305 e. The summed E-state index contributed by atoms with van der Waals surface area (Å²) in [6, 6.07) is 5.30. The quantitative estimate of drug-likeness (QED) is 0.839. The first kappa shape index (κ1) is 16.8. The molecule has 0 fully saturated rings. The van der Waals surface area contributed by atoms with Crippen LogP contribution in [0, 0.1) is 0 Å². The number of aliphatic carboxylic acids is 1. The van der Waals surface area contributed by atoms with Crippen LogP contribution in [0.25, 0.3) is 0 Å². The van der Waals surface area contributed by atoms with Crippen molar-refractivity contribution in [2.45, 2.75) is 25.7 Å². The highest BCUT2D eigenvalue weighted by molar-refractivity contribution is 6.35. The predicted molar refractivity (Wildman–Crippen MR) is 79.3 cm³/mol. The zero-order valence-electron chi connectivity index (χ0n) is 11.2. The van der Waals surface area contributed by atoms with Crippen molar-refractivity contribution in [2.24, 2.45) is 0 Å². The Balaban J connectivity index is 2.36. The molecule has 0 bridgehead atoms. The van der Waals surface area contributed by atoms with Gasteiger partial charge in [-0.05, 0) is 30.5 Å². The molecule has 0 aliphatic carbocycles. The first-order chi connectivity index (χ1) is 9.40. The lowest BCUT2D eigenvalue weighted by molar-refractivity contribution is -0.138. The van der Waals surface area contributed by atoms with Crippen LogP contribution in [-0.4, -0.2) is 35.5 Å². The molecule has 0 aliphatic rings. The number of hydrogen-bond donors (Lipinski definition) is 1. The molecule has 6 heteroatoms. The van der Waals surface area contributed by atoms with E-state index in [2.05, 4.69) is 0 Å². The fourth-order valence-electron chi connectivity index (χ4n) is 1.73. The van der Waals surface area contributed by atoms with Gasteiger partial charge in [0.05, 0.1) is 6.42 Å². The van der Waals surface area contributed by atoms with Gasteiger partial charge in [-0.25, -0.2) is 0 Å². The number of nitrogens with zero attached hydrogens (tertiary/aromatic N) is 1. The van der Waals surface area contributed by atoms with E-state index in [1.165, 1.54) is 4.90 Å². The maximum atomic E-state index is 11.8. The zero-order chi connectivity index (χ0) is 15.1. The van der Waals surface area contributed by atoms with Gasteiger partial charge in [0.2, 0.25) is 5.91 Å². The van der Waals surface area contributed by atoms with Crippen LogP contribution in [0.4, 0.5) is 0 Å². The Morgan fingerprint density at radius 1 is 1.25 bits per heavy atom. The van der Waals surface area contributed by atoms with E-state index in [-0.39, 0.29) is 18.9 Å². The number of carbonyl (C=O) groups is 2. The Bertz CT molecular complexity index is 491. The van der Waals surface area contributed by atoms with E-state index in [9.17, 15) is 9.59 Å². The van der Waals surface area contributed by atoms with Gasteiger partial charge in [0, 0.05) is 30.1 Å². The average molecular weight is 318 g/mol. The smallest absolute Gasteiger partial charge is 0.305 e. The summed E-state index contributed by atoms with van der Waals surface area (Å²) in [5.41, 5.74) is 0.956.